The van der Waals surface area contributed by atoms with Crippen LogP contribution in [0.15, 0.2) is 27.1 Å². The smallest absolute Gasteiger partial charge is 0.289 e. The number of aryl methyl sites for hydroxylation is 1. The molecule has 0 saturated carbocycles. The van der Waals surface area contributed by atoms with E-state index in [1.54, 1.807) is 11.9 Å². The molecule has 0 aliphatic heterocycles. The molecule has 0 bridgehead atoms. The molecule has 0 aliphatic rings. The van der Waals surface area contributed by atoms with Crippen LogP contribution in [-0.2, 0) is 0 Å². The fourth-order valence-electron chi connectivity index (χ4n) is 1.92. The Morgan fingerprint density at radius 1 is 1.50 bits per heavy atom. The molecule has 1 atom stereocenters. The minimum absolute atomic E-state index is 0. The molecule has 1 heterocycles. The van der Waals surface area contributed by atoms with Crippen molar-refractivity contribution in [3.05, 3.63) is 34.0 Å². The predicted molar refractivity (Wildman–Crippen MR) is 86.5 cm³/mol. The van der Waals surface area contributed by atoms with Crippen LogP contribution in [0.2, 0.25) is 0 Å². The third-order valence-corrected chi connectivity index (χ3v) is 3.91. The van der Waals surface area contributed by atoms with Crippen LogP contribution in [0.1, 0.15) is 23.0 Å². The summed E-state index contributed by atoms with van der Waals surface area (Å²) in [5.74, 6) is 0.249. The van der Waals surface area contributed by atoms with Crippen LogP contribution in [-0.4, -0.2) is 30.4 Å². The minimum Gasteiger partial charge on any atom is -0.451 e. The van der Waals surface area contributed by atoms with Crippen molar-refractivity contribution in [2.24, 2.45) is 5.73 Å². The Morgan fingerprint density at radius 2 is 2.15 bits per heavy atom. The molecule has 2 rings (SSSR count). The van der Waals surface area contributed by atoms with E-state index in [4.69, 9.17) is 10.2 Å². The van der Waals surface area contributed by atoms with Gasteiger partial charge in [-0.3, -0.25) is 4.79 Å². The molecule has 0 spiro atoms. The second-order valence-electron chi connectivity index (χ2n) is 4.70. The number of furan rings is 1. The third kappa shape index (κ3) is 3.00. The number of likely N-dealkylation sites (N-methyl/N-ethyl adjacent to an activating group) is 1. The molecule has 2 aromatic rings. The minimum atomic E-state index is -0.136. The monoisotopic (exact) mass is 360 g/mol. The van der Waals surface area contributed by atoms with Crippen molar-refractivity contribution in [3.8, 4) is 0 Å². The lowest BCUT2D eigenvalue weighted by atomic mass is 10.1. The number of hydrogen-bond acceptors (Lipinski definition) is 3. The van der Waals surface area contributed by atoms with Crippen LogP contribution in [0.4, 0.5) is 0 Å². The molecular formula is C14H18BrClN2O2. The van der Waals surface area contributed by atoms with Crippen LogP contribution < -0.4 is 5.73 Å². The highest BCUT2D eigenvalue weighted by Gasteiger charge is 2.23. The van der Waals surface area contributed by atoms with E-state index in [0.29, 0.717) is 12.3 Å². The number of hydrogen-bond donors (Lipinski definition) is 1. The number of amides is 1. The van der Waals surface area contributed by atoms with Gasteiger partial charge in [-0.05, 0) is 32.0 Å². The van der Waals surface area contributed by atoms with Crippen molar-refractivity contribution in [1.29, 1.82) is 0 Å². The maximum atomic E-state index is 12.4. The SMILES string of the molecule is Cc1c(C(=O)N(C)C(C)CN)oc2ccc(Br)cc12.Cl. The normalized spacial score (nSPS) is 12.1. The second kappa shape index (κ2) is 6.61. The Hall–Kier alpha value is -1.04. The van der Waals surface area contributed by atoms with Gasteiger partial charge in [0.2, 0.25) is 0 Å². The van der Waals surface area contributed by atoms with Gasteiger partial charge in [0.15, 0.2) is 5.76 Å². The van der Waals surface area contributed by atoms with Crippen LogP contribution in [0.3, 0.4) is 0 Å². The molecule has 4 nitrogen and oxygen atoms in total. The number of nitrogens with two attached hydrogens (primary N) is 1. The van der Waals surface area contributed by atoms with E-state index in [0.717, 1.165) is 21.0 Å². The molecule has 20 heavy (non-hydrogen) atoms. The van der Waals surface area contributed by atoms with Gasteiger partial charge in [-0.1, -0.05) is 15.9 Å². The number of carbonyl (C=O) groups is 1. The number of benzene rings is 1. The summed E-state index contributed by atoms with van der Waals surface area (Å²) in [4.78, 5) is 14.0. The third-order valence-electron chi connectivity index (χ3n) is 3.42. The lowest BCUT2D eigenvalue weighted by Gasteiger charge is -2.22. The van der Waals surface area contributed by atoms with Crippen molar-refractivity contribution in [3.63, 3.8) is 0 Å². The van der Waals surface area contributed by atoms with E-state index in [1.165, 1.54) is 0 Å². The Labute approximate surface area is 132 Å². The number of rotatable bonds is 3. The van der Waals surface area contributed by atoms with Crippen molar-refractivity contribution in [1.82, 2.24) is 4.90 Å². The predicted octanol–water partition coefficient (Wildman–Crippen LogP) is 3.34. The van der Waals surface area contributed by atoms with Crippen LogP contribution in [0, 0.1) is 6.92 Å². The maximum Gasteiger partial charge on any atom is 0.289 e. The summed E-state index contributed by atoms with van der Waals surface area (Å²) in [7, 11) is 1.74. The summed E-state index contributed by atoms with van der Waals surface area (Å²) in [5.41, 5.74) is 7.17. The summed E-state index contributed by atoms with van der Waals surface area (Å²) in [6.07, 6.45) is 0. The first kappa shape index (κ1) is 17.0. The quantitative estimate of drug-likeness (QED) is 0.912. The van der Waals surface area contributed by atoms with Gasteiger partial charge in [0, 0.05) is 35.1 Å². The molecule has 2 N–H and O–H groups in total. The van der Waals surface area contributed by atoms with E-state index in [9.17, 15) is 4.79 Å². The molecule has 0 saturated heterocycles. The van der Waals surface area contributed by atoms with Crippen molar-refractivity contribution in [2.75, 3.05) is 13.6 Å². The number of halogens is 2. The highest BCUT2D eigenvalue weighted by Crippen LogP contribution is 2.28. The highest BCUT2D eigenvalue weighted by molar-refractivity contribution is 9.10. The topological polar surface area (TPSA) is 59.5 Å². The summed E-state index contributed by atoms with van der Waals surface area (Å²) >= 11 is 3.42. The van der Waals surface area contributed by atoms with Gasteiger partial charge in [-0.25, -0.2) is 0 Å². The maximum absolute atomic E-state index is 12.4. The fraction of sp³-hybridized carbons (Fsp3) is 0.357. The van der Waals surface area contributed by atoms with Gasteiger partial charge in [0.25, 0.3) is 5.91 Å². The lowest BCUT2D eigenvalue weighted by Crippen LogP contribution is -2.39. The van der Waals surface area contributed by atoms with Crippen LogP contribution in [0.5, 0.6) is 0 Å². The molecule has 0 aliphatic carbocycles. The summed E-state index contributed by atoms with van der Waals surface area (Å²) in [6.45, 7) is 4.23. The molecular weight excluding hydrogens is 344 g/mol. The van der Waals surface area contributed by atoms with Gasteiger partial charge in [-0.2, -0.15) is 0 Å². The first-order valence-electron chi connectivity index (χ1n) is 6.11. The van der Waals surface area contributed by atoms with Crippen molar-refractivity contribution in [2.45, 2.75) is 19.9 Å². The molecule has 1 aromatic heterocycles. The zero-order valence-electron chi connectivity index (χ0n) is 11.6. The zero-order chi connectivity index (χ0) is 14.2. The average molecular weight is 362 g/mol. The Morgan fingerprint density at radius 3 is 2.75 bits per heavy atom. The van der Waals surface area contributed by atoms with Crippen LogP contribution in [0.25, 0.3) is 11.0 Å². The standard InChI is InChI=1S/C14H17BrN2O2.ClH/c1-8(7-16)17(3)14(18)13-9(2)11-6-10(15)4-5-12(11)19-13;/h4-6,8H,7,16H2,1-3H3;1H. The Balaban J connectivity index is 0.00000200. The van der Waals surface area contributed by atoms with Gasteiger partial charge in [0.1, 0.15) is 5.58 Å². The summed E-state index contributed by atoms with van der Waals surface area (Å²) in [5, 5.41) is 0.950. The van der Waals surface area contributed by atoms with Gasteiger partial charge >= 0.3 is 0 Å². The summed E-state index contributed by atoms with van der Waals surface area (Å²) < 4.78 is 6.64. The molecule has 1 unspecified atom stereocenters. The van der Waals surface area contributed by atoms with Gasteiger partial charge < -0.3 is 15.1 Å². The van der Waals surface area contributed by atoms with E-state index in [2.05, 4.69) is 15.9 Å². The van der Waals surface area contributed by atoms with E-state index < -0.39 is 0 Å². The molecule has 0 fully saturated rings. The van der Waals surface area contributed by atoms with E-state index >= 15 is 0 Å². The Kier molecular flexibility index (Phi) is 5.62. The first-order chi connectivity index (χ1) is 8.95. The lowest BCUT2D eigenvalue weighted by molar-refractivity contribution is 0.0717. The molecule has 0 radical (unpaired) electrons. The largest absolute Gasteiger partial charge is 0.451 e. The molecule has 6 heteroatoms. The number of carbonyl (C=O) groups excluding carboxylic acids is 1. The average Bonchev–Trinajstić information content (AvgIpc) is 2.73. The van der Waals surface area contributed by atoms with Crippen LogP contribution >= 0.6 is 28.3 Å². The van der Waals surface area contributed by atoms with E-state index in [-0.39, 0.29) is 24.4 Å². The first-order valence-corrected chi connectivity index (χ1v) is 6.91. The zero-order valence-corrected chi connectivity index (χ0v) is 14.0. The highest BCUT2D eigenvalue weighted by atomic mass is 79.9. The second-order valence-corrected chi connectivity index (χ2v) is 5.61. The van der Waals surface area contributed by atoms with Gasteiger partial charge in [-0.15, -0.1) is 12.4 Å². The molecule has 1 aromatic carbocycles. The summed E-state index contributed by atoms with van der Waals surface area (Å²) in [6, 6.07) is 5.69. The number of fused-ring (bicyclic) bond motifs is 1. The fourth-order valence-corrected chi connectivity index (χ4v) is 2.28. The molecule has 110 valence electrons. The van der Waals surface area contributed by atoms with Crippen molar-refractivity contribution < 1.29 is 9.21 Å². The van der Waals surface area contributed by atoms with Crippen molar-refractivity contribution >= 4 is 45.2 Å². The Bertz CT molecular complexity index is 627. The van der Waals surface area contributed by atoms with Gasteiger partial charge in [0.05, 0.1) is 0 Å². The number of nitrogens with zero attached hydrogens (tertiary/aromatic N) is 1. The molecule has 1 amide bonds. The van der Waals surface area contributed by atoms with E-state index in [1.807, 2.05) is 32.0 Å².